The first kappa shape index (κ1) is 16.6. The highest BCUT2D eigenvalue weighted by atomic mass is 35.5. The maximum Gasteiger partial charge on any atom is 0.407 e. The molecule has 6 heteroatoms. The number of hydrogen-bond acceptors (Lipinski definition) is 3. The van der Waals surface area contributed by atoms with Crippen molar-refractivity contribution in [1.29, 1.82) is 0 Å². The van der Waals surface area contributed by atoms with Crippen molar-refractivity contribution in [1.82, 2.24) is 5.32 Å². The van der Waals surface area contributed by atoms with Crippen molar-refractivity contribution in [3.8, 4) is 0 Å². The van der Waals surface area contributed by atoms with E-state index in [0.717, 1.165) is 37.1 Å². The molecule has 0 unspecified atom stereocenters. The van der Waals surface area contributed by atoms with Crippen molar-refractivity contribution in [3.05, 3.63) is 34.9 Å². The Kier molecular flexibility index (Phi) is 6.07. The molecular formula is C16H20ClNO4. The van der Waals surface area contributed by atoms with Crippen molar-refractivity contribution in [2.75, 3.05) is 6.73 Å². The van der Waals surface area contributed by atoms with Gasteiger partial charge in [-0.2, -0.15) is 0 Å². The molecule has 2 rings (SSSR count). The van der Waals surface area contributed by atoms with E-state index < -0.39 is 6.09 Å². The van der Waals surface area contributed by atoms with Gasteiger partial charge in [0.05, 0.1) is 5.92 Å². The van der Waals surface area contributed by atoms with E-state index >= 15 is 0 Å². The van der Waals surface area contributed by atoms with Gasteiger partial charge in [-0.25, -0.2) is 4.79 Å². The number of hydrogen-bond donors (Lipinski definition) is 2. The van der Waals surface area contributed by atoms with E-state index in [1.54, 1.807) is 0 Å². The molecular weight excluding hydrogens is 306 g/mol. The zero-order valence-electron chi connectivity index (χ0n) is 12.3. The van der Waals surface area contributed by atoms with E-state index in [-0.39, 0.29) is 18.6 Å². The Morgan fingerprint density at radius 2 is 1.82 bits per heavy atom. The van der Waals surface area contributed by atoms with Crippen molar-refractivity contribution in [2.24, 2.45) is 11.8 Å². The second-order valence-corrected chi connectivity index (χ2v) is 6.07. The third-order valence-electron chi connectivity index (χ3n) is 4.06. The van der Waals surface area contributed by atoms with Crippen molar-refractivity contribution in [3.63, 3.8) is 0 Å². The molecule has 0 aliphatic heterocycles. The number of ether oxygens (including phenoxy) is 1. The number of benzene rings is 1. The predicted octanol–water partition coefficient (Wildman–Crippen LogP) is 3.46. The van der Waals surface area contributed by atoms with Crippen molar-refractivity contribution >= 4 is 23.7 Å². The largest absolute Gasteiger partial charge is 0.465 e. The number of carbonyl (C=O) groups excluding carboxylic acids is 1. The zero-order valence-corrected chi connectivity index (χ0v) is 13.0. The summed E-state index contributed by atoms with van der Waals surface area (Å²) in [7, 11) is 0. The predicted molar refractivity (Wildman–Crippen MR) is 82.7 cm³/mol. The molecule has 0 radical (unpaired) electrons. The Balaban J connectivity index is 1.72. The molecule has 0 atom stereocenters. The van der Waals surface area contributed by atoms with Crippen LogP contribution in [0, 0.1) is 11.8 Å². The fourth-order valence-electron chi connectivity index (χ4n) is 2.84. The number of amides is 1. The van der Waals surface area contributed by atoms with Gasteiger partial charge in [-0.3, -0.25) is 10.1 Å². The van der Waals surface area contributed by atoms with Crippen LogP contribution in [0.15, 0.2) is 24.3 Å². The van der Waals surface area contributed by atoms with E-state index in [4.69, 9.17) is 21.4 Å². The summed E-state index contributed by atoms with van der Waals surface area (Å²) in [5.74, 6) is 0.151. The lowest BCUT2D eigenvalue weighted by Crippen LogP contribution is -2.30. The monoisotopic (exact) mass is 325 g/mol. The molecule has 2 N–H and O–H groups in total. The fraction of sp³-hybridized carbons (Fsp3) is 0.500. The second-order valence-electron chi connectivity index (χ2n) is 5.64. The van der Waals surface area contributed by atoms with Crippen LogP contribution in [0.25, 0.3) is 0 Å². The molecule has 0 heterocycles. The van der Waals surface area contributed by atoms with Crippen LogP contribution in [0.3, 0.4) is 0 Å². The molecule has 1 saturated carbocycles. The molecule has 1 aromatic rings. The summed E-state index contributed by atoms with van der Waals surface area (Å²) >= 11 is 5.88. The van der Waals surface area contributed by atoms with Crippen LogP contribution in [0.2, 0.25) is 5.02 Å². The van der Waals surface area contributed by atoms with Gasteiger partial charge in [0.1, 0.15) is 0 Å². The minimum absolute atomic E-state index is 0.114. The number of halogens is 1. The number of esters is 1. The maximum atomic E-state index is 11.8. The van der Waals surface area contributed by atoms with Gasteiger partial charge in [-0.05, 0) is 55.7 Å². The van der Waals surface area contributed by atoms with E-state index in [9.17, 15) is 9.59 Å². The smallest absolute Gasteiger partial charge is 0.407 e. The van der Waals surface area contributed by atoms with Crippen molar-refractivity contribution < 1.29 is 19.4 Å². The summed E-state index contributed by atoms with van der Waals surface area (Å²) in [6.45, 7) is -0.279. The first-order valence-corrected chi connectivity index (χ1v) is 7.80. The molecule has 0 aromatic heterocycles. The van der Waals surface area contributed by atoms with Crippen LogP contribution in [0.1, 0.15) is 31.2 Å². The Hall–Kier alpha value is -1.75. The van der Waals surface area contributed by atoms with E-state index in [2.05, 4.69) is 0 Å². The van der Waals surface area contributed by atoms with Crippen LogP contribution in [0.5, 0.6) is 0 Å². The molecule has 22 heavy (non-hydrogen) atoms. The average Bonchev–Trinajstić information content (AvgIpc) is 2.50. The van der Waals surface area contributed by atoms with Crippen LogP contribution < -0.4 is 5.32 Å². The lowest BCUT2D eigenvalue weighted by molar-refractivity contribution is -0.150. The van der Waals surface area contributed by atoms with Gasteiger partial charge in [0.25, 0.3) is 0 Å². The lowest BCUT2D eigenvalue weighted by atomic mass is 9.79. The lowest BCUT2D eigenvalue weighted by Gasteiger charge is -2.27. The summed E-state index contributed by atoms with van der Waals surface area (Å²) in [5, 5.41) is 11.2. The summed E-state index contributed by atoms with van der Waals surface area (Å²) < 4.78 is 4.91. The van der Waals surface area contributed by atoms with Gasteiger partial charge in [-0.1, -0.05) is 23.7 Å². The number of rotatable bonds is 5. The van der Waals surface area contributed by atoms with Crippen LogP contribution in [0.4, 0.5) is 4.79 Å². The highest BCUT2D eigenvalue weighted by molar-refractivity contribution is 6.30. The van der Waals surface area contributed by atoms with Crippen LogP contribution in [-0.4, -0.2) is 23.9 Å². The normalized spacial score (nSPS) is 21.1. The summed E-state index contributed by atoms with van der Waals surface area (Å²) in [6.07, 6.45) is 3.36. The first-order chi connectivity index (χ1) is 10.5. The molecule has 1 fully saturated rings. The molecule has 1 aliphatic carbocycles. The molecule has 5 nitrogen and oxygen atoms in total. The Labute approximate surface area is 134 Å². The fourth-order valence-corrected chi connectivity index (χ4v) is 2.97. The van der Waals surface area contributed by atoms with Gasteiger partial charge in [0, 0.05) is 5.02 Å². The molecule has 1 amide bonds. The van der Waals surface area contributed by atoms with Crippen LogP contribution in [-0.2, 0) is 16.0 Å². The van der Waals surface area contributed by atoms with Gasteiger partial charge < -0.3 is 9.84 Å². The van der Waals surface area contributed by atoms with E-state index in [1.165, 1.54) is 5.56 Å². The Morgan fingerprint density at radius 3 is 2.41 bits per heavy atom. The zero-order chi connectivity index (χ0) is 15.9. The highest BCUT2D eigenvalue weighted by Gasteiger charge is 2.27. The van der Waals surface area contributed by atoms with E-state index in [0.29, 0.717) is 5.92 Å². The van der Waals surface area contributed by atoms with E-state index in [1.807, 2.05) is 29.6 Å². The molecule has 1 aromatic carbocycles. The quantitative estimate of drug-likeness (QED) is 0.642. The summed E-state index contributed by atoms with van der Waals surface area (Å²) in [5.41, 5.74) is 1.26. The van der Waals surface area contributed by atoms with Gasteiger partial charge in [0.2, 0.25) is 0 Å². The number of nitrogens with one attached hydrogen (secondary N) is 1. The molecule has 120 valence electrons. The standard InChI is InChI=1S/C16H20ClNO4/c17-14-7-3-12(4-8-14)9-11-1-5-13(6-2-11)15(19)22-10-18-16(20)21/h3-4,7-8,11,13,18H,1-2,5-6,9-10H2,(H,20,21). The number of carbonyl (C=O) groups is 2. The van der Waals surface area contributed by atoms with Gasteiger partial charge in [-0.15, -0.1) is 0 Å². The molecule has 0 bridgehead atoms. The Bertz CT molecular complexity index is 509. The third kappa shape index (κ3) is 5.22. The Morgan fingerprint density at radius 1 is 1.18 bits per heavy atom. The topological polar surface area (TPSA) is 75.6 Å². The van der Waals surface area contributed by atoms with Gasteiger partial charge in [0.15, 0.2) is 6.73 Å². The number of carboxylic acid groups (broad SMARTS) is 1. The maximum absolute atomic E-state index is 11.8. The van der Waals surface area contributed by atoms with Crippen LogP contribution >= 0.6 is 11.6 Å². The molecule has 1 aliphatic rings. The minimum Gasteiger partial charge on any atom is -0.465 e. The molecule has 0 saturated heterocycles. The summed E-state index contributed by atoms with van der Waals surface area (Å²) in [6, 6.07) is 7.88. The van der Waals surface area contributed by atoms with Gasteiger partial charge >= 0.3 is 12.1 Å². The molecule has 0 spiro atoms. The third-order valence-corrected chi connectivity index (χ3v) is 4.31. The SMILES string of the molecule is O=C(O)NCOC(=O)C1CCC(Cc2ccc(Cl)cc2)CC1. The van der Waals surface area contributed by atoms with Crippen molar-refractivity contribution in [2.45, 2.75) is 32.1 Å². The minimum atomic E-state index is -1.19. The first-order valence-electron chi connectivity index (χ1n) is 7.42. The summed E-state index contributed by atoms with van der Waals surface area (Å²) in [4.78, 5) is 22.1. The highest BCUT2D eigenvalue weighted by Crippen LogP contribution is 2.31. The second kappa shape index (κ2) is 8.03. The average molecular weight is 326 g/mol.